The van der Waals surface area contributed by atoms with Crippen molar-refractivity contribution in [2.45, 2.75) is 26.4 Å². The third-order valence-corrected chi connectivity index (χ3v) is 4.38. The molecule has 0 radical (unpaired) electrons. The Bertz CT molecular complexity index is 959. The number of benzene rings is 2. The SMILES string of the molecule is CC(C)N(C)C(=O)c1ccc(Cn2cnc3ccccc3c2=O)cc1. The van der Waals surface area contributed by atoms with Crippen LogP contribution in [0.3, 0.4) is 0 Å². The zero-order valence-electron chi connectivity index (χ0n) is 14.6. The number of amides is 1. The monoisotopic (exact) mass is 335 g/mol. The molecule has 3 rings (SSSR count). The minimum absolute atomic E-state index is 0.00825. The van der Waals surface area contributed by atoms with E-state index in [9.17, 15) is 9.59 Å². The fourth-order valence-electron chi connectivity index (χ4n) is 2.61. The van der Waals surface area contributed by atoms with Gasteiger partial charge >= 0.3 is 0 Å². The predicted molar refractivity (Wildman–Crippen MR) is 98.8 cm³/mol. The van der Waals surface area contributed by atoms with Crippen molar-refractivity contribution in [2.75, 3.05) is 7.05 Å². The third-order valence-electron chi connectivity index (χ3n) is 4.38. The minimum Gasteiger partial charge on any atom is -0.339 e. The van der Waals surface area contributed by atoms with E-state index in [2.05, 4.69) is 4.98 Å². The molecule has 1 amide bonds. The highest BCUT2D eigenvalue weighted by atomic mass is 16.2. The van der Waals surface area contributed by atoms with Crippen LogP contribution in [0.15, 0.2) is 59.7 Å². The van der Waals surface area contributed by atoms with Gasteiger partial charge in [-0.3, -0.25) is 14.2 Å². The summed E-state index contributed by atoms with van der Waals surface area (Å²) in [6, 6.07) is 14.8. The van der Waals surface area contributed by atoms with Crippen LogP contribution in [-0.2, 0) is 6.54 Å². The molecule has 0 aliphatic rings. The summed E-state index contributed by atoms with van der Waals surface area (Å²) in [5, 5.41) is 0.607. The molecule has 0 unspecified atom stereocenters. The molecule has 25 heavy (non-hydrogen) atoms. The Labute approximate surface area is 146 Å². The van der Waals surface area contributed by atoms with Crippen LogP contribution in [0.25, 0.3) is 10.9 Å². The Morgan fingerprint density at radius 1 is 1.12 bits per heavy atom. The van der Waals surface area contributed by atoms with Crippen molar-refractivity contribution >= 4 is 16.8 Å². The number of carbonyl (C=O) groups is 1. The van der Waals surface area contributed by atoms with Gasteiger partial charge in [-0.15, -0.1) is 0 Å². The summed E-state index contributed by atoms with van der Waals surface area (Å²) in [4.78, 5) is 30.9. The van der Waals surface area contributed by atoms with E-state index in [1.54, 1.807) is 41.0 Å². The molecular weight excluding hydrogens is 314 g/mol. The highest BCUT2D eigenvalue weighted by Gasteiger charge is 2.14. The molecule has 0 saturated carbocycles. The van der Waals surface area contributed by atoms with Crippen LogP contribution < -0.4 is 5.56 Å². The smallest absolute Gasteiger partial charge is 0.261 e. The first-order chi connectivity index (χ1) is 12.0. The van der Waals surface area contributed by atoms with Crippen molar-refractivity contribution in [3.05, 3.63) is 76.3 Å². The van der Waals surface area contributed by atoms with Gasteiger partial charge in [-0.25, -0.2) is 4.98 Å². The molecule has 1 aromatic heterocycles. The molecule has 0 bridgehead atoms. The third kappa shape index (κ3) is 3.45. The largest absolute Gasteiger partial charge is 0.339 e. The van der Waals surface area contributed by atoms with Gasteiger partial charge in [-0.05, 0) is 43.7 Å². The second-order valence-corrected chi connectivity index (χ2v) is 6.40. The molecular formula is C20H21N3O2. The Morgan fingerprint density at radius 3 is 2.48 bits per heavy atom. The van der Waals surface area contributed by atoms with E-state index in [1.807, 2.05) is 44.2 Å². The Morgan fingerprint density at radius 2 is 1.80 bits per heavy atom. The lowest BCUT2D eigenvalue weighted by molar-refractivity contribution is 0.0755. The van der Waals surface area contributed by atoms with Crippen molar-refractivity contribution in [1.29, 1.82) is 0 Å². The van der Waals surface area contributed by atoms with E-state index >= 15 is 0 Å². The fourth-order valence-corrected chi connectivity index (χ4v) is 2.61. The van der Waals surface area contributed by atoms with Gasteiger partial charge in [0.2, 0.25) is 0 Å². The second-order valence-electron chi connectivity index (χ2n) is 6.40. The van der Waals surface area contributed by atoms with E-state index in [-0.39, 0.29) is 17.5 Å². The van der Waals surface area contributed by atoms with E-state index in [4.69, 9.17) is 0 Å². The molecule has 0 atom stereocenters. The molecule has 0 aliphatic heterocycles. The molecule has 0 aliphatic carbocycles. The van der Waals surface area contributed by atoms with Gasteiger partial charge in [-0.1, -0.05) is 24.3 Å². The maximum absolute atomic E-state index is 12.5. The van der Waals surface area contributed by atoms with Gasteiger partial charge in [0.1, 0.15) is 0 Å². The first-order valence-electron chi connectivity index (χ1n) is 8.27. The number of carbonyl (C=O) groups excluding carboxylic acids is 1. The zero-order valence-corrected chi connectivity index (χ0v) is 14.6. The molecule has 3 aromatic rings. The number of hydrogen-bond acceptors (Lipinski definition) is 3. The Kier molecular flexibility index (Phi) is 4.65. The molecule has 128 valence electrons. The molecule has 0 saturated heterocycles. The first kappa shape index (κ1) is 16.9. The predicted octanol–water partition coefficient (Wildman–Crippen LogP) is 2.93. The summed E-state index contributed by atoms with van der Waals surface area (Å²) >= 11 is 0. The van der Waals surface area contributed by atoms with Crippen LogP contribution in [0, 0.1) is 0 Å². The Hall–Kier alpha value is -2.95. The molecule has 1 heterocycles. The molecule has 5 heteroatoms. The lowest BCUT2D eigenvalue weighted by Crippen LogP contribution is -2.32. The van der Waals surface area contributed by atoms with Crippen LogP contribution in [-0.4, -0.2) is 33.4 Å². The van der Waals surface area contributed by atoms with Crippen LogP contribution in [0.4, 0.5) is 0 Å². The average Bonchev–Trinajstić information content (AvgIpc) is 2.63. The number of fused-ring (bicyclic) bond motifs is 1. The van der Waals surface area contributed by atoms with Crippen molar-refractivity contribution in [3.63, 3.8) is 0 Å². The minimum atomic E-state index is -0.0645. The second kappa shape index (κ2) is 6.89. The summed E-state index contributed by atoms with van der Waals surface area (Å²) in [6.07, 6.45) is 1.57. The van der Waals surface area contributed by atoms with Crippen molar-refractivity contribution in [2.24, 2.45) is 0 Å². The molecule has 5 nitrogen and oxygen atoms in total. The lowest BCUT2D eigenvalue weighted by atomic mass is 10.1. The van der Waals surface area contributed by atoms with E-state index in [0.29, 0.717) is 23.0 Å². The topological polar surface area (TPSA) is 55.2 Å². The van der Waals surface area contributed by atoms with Gasteiger partial charge in [0.05, 0.1) is 23.8 Å². The van der Waals surface area contributed by atoms with Crippen LogP contribution in [0.1, 0.15) is 29.8 Å². The number of aromatic nitrogens is 2. The molecule has 0 fully saturated rings. The van der Waals surface area contributed by atoms with Crippen LogP contribution >= 0.6 is 0 Å². The number of hydrogen-bond donors (Lipinski definition) is 0. The quantitative estimate of drug-likeness (QED) is 0.737. The normalized spacial score (nSPS) is 11.0. The zero-order chi connectivity index (χ0) is 18.0. The highest BCUT2D eigenvalue weighted by molar-refractivity contribution is 5.94. The van der Waals surface area contributed by atoms with E-state index in [1.165, 1.54) is 0 Å². The average molecular weight is 335 g/mol. The summed E-state index contributed by atoms with van der Waals surface area (Å²) in [7, 11) is 1.79. The number of rotatable bonds is 4. The molecule has 2 aromatic carbocycles. The molecule has 0 N–H and O–H groups in total. The van der Waals surface area contributed by atoms with Gasteiger partial charge in [0.25, 0.3) is 11.5 Å². The summed E-state index contributed by atoms with van der Waals surface area (Å²) < 4.78 is 1.58. The van der Waals surface area contributed by atoms with E-state index < -0.39 is 0 Å². The standard InChI is InChI=1S/C20H21N3O2/c1-14(2)22(3)19(24)16-10-8-15(9-11-16)12-23-13-21-18-7-5-4-6-17(18)20(23)25/h4-11,13-14H,12H2,1-3H3. The lowest BCUT2D eigenvalue weighted by Gasteiger charge is -2.21. The van der Waals surface area contributed by atoms with E-state index in [0.717, 1.165) is 5.56 Å². The first-order valence-corrected chi connectivity index (χ1v) is 8.27. The van der Waals surface area contributed by atoms with Gasteiger partial charge in [-0.2, -0.15) is 0 Å². The number of nitrogens with zero attached hydrogens (tertiary/aromatic N) is 3. The summed E-state index contributed by atoms with van der Waals surface area (Å²) in [5.74, 6) is -0.00825. The Balaban J connectivity index is 1.84. The highest BCUT2D eigenvalue weighted by Crippen LogP contribution is 2.11. The van der Waals surface area contributed by atoms with Crippen molar-refractivity contribution in [1.82, 2.24) is 14.5 Å². The summed E-state index contributed by atoms with van der Waals surface area (Å²) in [5.41, 5.74) is 2.22. The van der Waals surface area contributed by atoms with Crippen LogP contribution in [0.2, 0.25) is 0 Å². The maximum atomic E-state index is 12.5. The molecule has 0 spiro atoms. The van der Waals surface area contributed by atoms with Gasteiger partial charge in [0, 0.05) is 18.7 Å². The fraction of sp³-hybridized carbons (Fsp3) is 0.250. The van der Waals surface area contributed by atoms with Crippen molar-refractivity contribution in [3.8, 4) is 0 Å². The van der Waals surface area contributed by atoms with Crippen LogP contribution in [0.5, 0.6) is 0 Å². The van der Waals surface area contributed by atoms with Gasteiger partial charge in [0.15, 0.2) is 0 Å². The van der Waals surface area contributed by atoms with Gasteiger partial charge < -0.3 is 4.90 Å². The maximum Gasteiger partial charge on any atom is 0.261 e. The van der Waals surface area contributed by atoms with Crippen molar-refractivity contribution < 1.29 is 4.79 Å². The number of para-hydroxylation sites is 1. The summed E-state index contributed by atoms with van der Waals surface area (Å²) in [6.45, 7) is 4.38.